The molecule has 2 atom stereocenters. The lowest BCUT2D eigenvalue weighted by Crippen LogP contribution is -2.34. The summed E-state index contributed by atoms with van der Waals surface area (Å²) in [5.41, 5.74) is 7.96. The Labute approximate surface area is 143 Å². The molecule has 0 aliphatic heterocycles. The highest BCUT2D eigenvalue weighted by atomic mass is 32.2. The van der Waals surface area contributed by atoms with Crippen LogP contribution in [0.5, 0.6) is 0 Å². The average Bonchev–Trinajstić information content (AvgIpc) is 2.55. The van der Waals surface area contributed by atoms with E-state index in [0.717, 1.165) is 11.1 Å². The van der Waals surface area contributed by atoms with Gasteiger partial charge in [0.05, 0.1) is 33.1 Å². The van der Waals surface area contributed by atoms with Crippen molar-refractivity contribution in [1.82, 2.24) is 0 Å². The molecule has 0 radical (unpaired) electrons. The fourth-order valence-electron chi connectivity index (χ4n) is 2.61. The third-order valence-electron chi connectivity index (χ3n) is 4.08. The summed E-state index contributed by atoms with van der Waals surface area (Å²) in [5, 5.41) is 14.7. The summed E-state index contributed by atoms with van der Waals surface area (Å²) in [6.07, 6.45) is 0.468. The van der Waals surface area contributed by atoms with Crippen LogP contribution >= 0.6 is 0 Å². The smallest absolute Gasteiger partial charge is 0.146 e. The molecule has 6 heteroatoms. The lowest BCUT2D eigenvalue weighted by Gasteiger charge is -2.28. The number of rotatable bonds is 5. The number of nitrogens with two attached hydrogens (primary N) is 2. The molecule has 0 aliphatic carbocycles. The second kappa shape index (κ2) is 7.12. The van der Waals surface area contributed by atoms with Crippen LogP contribution in [0, 0.1) is 17.1 Å². The third-order valence-corrected chi connectivity index (χ3v) is 5.34. The highest BCUT2D eigenvalue weighted by Gasteiger charge is 2.30. The van der Waals surface area contributed by atoms with E-state index in [1.807, 2.05) is 19.9 Å². The van der Waals surface area contributed by atoms with E-state index in [-0.39, 0.29) is 11.6 Å². The zero-order chi connectivity index (χ0) is 17.9. The van der Waals surface area contributed by atoms with E-state index in [2.05, 4.69) is 6.07 Å². The molecule has 0 aromatic heterocycles. The van der Waals surface area contributed by atoms with Gasteiger partial charge < -0.3 is 5.73 Å². The molecule has 0 spiro atoms. The first-order chi connectivity index (χ1) is 11.2. The van der Waals surface area contributed by atoms with E-state index in [9.17, 15) is 8.60 Å². The number of halogens is 1. The maximum Gasteiger partial charge on any atom is 0.146 e. The maximum absolute atomic E-state index is 13.5. The lowest BCUT2D eigenvalue weighted by atomic mass is 9.83. The molecule has 0 saturated heterocycles. The van der Waals surface area contributed by atoms with Crippen molar-refractivity contribution >= 4 is 16.7 Å². The Kier molecular flexibility index (Phi) is 5.37. The van der Waals surface area contributed by atoms with E-state index >= 15 is 0 Å². The SMILES string of the molecule is CC(C)(CC(c1cccc(C#N)c1)c1ccc(F)c(N)c1)[S@](N)=O. The second-order valence-electron chi connectivity index (χ2n) is 6.33. The van der Waals surface area contributed by atoms with E-state index in [1.54, 1.807) is 30.3 Å². The number of nitriles is 1. The fourth-order valence-corrected chi connectivity index (χ4v) is 2.94. The predicted molar refractivity (Wildman–Crippen MR) is 94.8 cm³/mol. The number of nitrogens with zero attached hydrogens (tertiary/aromatic N) is 1. The monoisotopic (exact) mass is 345 g/mol. The number of nitrogen functional groups attached to an aromatic ring is 1. The first kappa shape index (κ1) is 18.1. The number of benzene rings is 2. The zero-order valence-corrected chi connectivity index (χ0v) is 14.4. The molecule has 4 nitrogen and oxygen atoms in total. The van der Waals surface area contributed by atoms with Gasteiger partial charge in [-0.1, -0.05) is 18.2 Å². The minimum atomic E-state index is -1.53. The molecule has 0 heterocycles. The van der Waals surface area contributed by atoms with Gasteiger partial charge >= 0.3 is 0 Å². The van der Waals surface area contributed by atoms with Crippen LogP contribution < -0.4 is 10.9 Å². The Hall–Kier alpha value is -2.23. The molecule has 0 bridgehead atoms. The van der Waals surface area contributed by atoms with Gasteiger partial charge in [0.1, 0.15) is 5.82 Å². The topological polar surface area (TPSA) is 92.9 Å². The molecule has 4 N–H and O–H groups in total. The molecule has 0 saturated carbocycles. The van der Waals surface area contributed by atoms with E-state index < -0.39 is 21.5 Å². The fraction of sp³-hybridized carbons (Fsp3) is 0.278. The Morgan fingerprint density at radius 3 is 2.50 bits per heavy atom. The normalized spacial score (nSPS) is 14.0. The summed E-state index contributed by atoms with van der Waals surface area (Å²) in [6.45, 7) is 3.63. The van der Waals surface area contributed by atoms with E-state index in [1.165, 1.54) is 6.07 Å². The second-order valence-corrected chi connectivity index (χ2v) is 8.03. The van der Waals surface area contributed by atoms with Crippen LogP contribution in [-0.4, -0.2) is 8.96 Å². The van der Waals surface area contributed by atoms with Crippen LogP contribution in [0.1, 0.15) is 42.9 Å². The van der Waals surface area contributed by atoms with Crippen LogP contribution in [0.15, 0.2) is 42.5 Å². The van der Waals surface area contributed by atoms with Crippen LogP contribution in [0.2, 0.25) is 0 Å². The van der Waals surface area contributed by atoms with Crippen molar-refractivity contribution in [2.75, 3.05) is 5.73 Å². The minimum absolute atomic E-state index is 0.0561. The molecule has 2 aromatic carbocycles. The van der Waals surface area contributed by atoms with Crippen LogP contribution in [0.25, 0.3) is 0 Å². The first-order valence-electron chi connectivity index (χ1n) is 7.46. The van der Waals surface area contributed by atoms with Gasteiger partial charge in [-0.25, -0.2) is 8.60 Å². The van der Waals surface area contributed by atoms with Crippen LogP contribution in [0.4, 0.5) is 10.1 Å². The molecular weight excluding hydrogens is 325 g/mol. The van der Waals surface area contributed by atoms with Gasteiger partial charge in [-0.2, -0.15) is 5.26 Å². The van der Waals surface area contributed by atoms with Crippen molar-refractivity contribution in [3.05, 3.63) is 65.0 Å². The van der Waals surface area contributed by atoms with Crippen molar-refractivity contribution in [3.63, 3.8) is 0 Å². The molecular formula is C18H20FN3OS. The summed E-state index contributed by atoms with van der Waals surface area (Å²) in [5.74, 6) is -0.686. The molecule has 24 heavy (non-hydrogen) atoms. The van der Waals surface area contributed by atoms with E-state index in [0.29, 0.717) is 12.0 Å². The van der Waals surface area contributed by atoms with E-state index in [4.69, 9.17) is 16.1 Å². The van der Waals surface area contributed by atoms with Crippen molar-refractivity contribution in [2.24, 2.45) is 5.14 Å². The van der Waals surface area contributed by atoms with Crippen molar-refractivity contribution in [3.8, 4) is 6.07 Å². The lowest BCUT2D eigenvalue weighted by molar-refractivity contribution is 0.555. The summed E-state index contributed by atoms with van der Waals surface area (Å²) >= 11 is 0. The molecule has 2 rings (SSSR count). The Morgan fingerprint density at radius 2 is 1.92 bits per heavy atom. The standard InChI is InChI=1S/C18H20FN3OS/c1-18(2,24(22)23)10-15(13-5-3-4-12(8-13)11-20)14-6-7-16(19)17(21)9-14/h3-9,15H,10,21-22H2,1-2H3/t15?,24-/m1/s1. The largest absolute Gasteiger partial charge is 0.396 e. The minimum Gasteiger partial charge on any atom is -0.396 e. The third kappa shape index (κ3) is 3.99. The molecule has 0 fully saturated rings. The van der Waals surface area contributed by atoms with Crippen molar-refractivity contribution in [2.45, 2.75) is 30.9 Å². The first-order valence-corrected chi connectivity index (χ1v) is 8.67. The highest BCUT2D eigenvalue weighted by Crippen LogP contribution is 2.35. The molecule has 1 unspecified atom stereocenters. The average molecular weight is 345 g/mol. The van der Waals surface area contributed by atoms with Crippen LogP contribution in [0.3, 0.4) is 0 Å². The molecule has 126 valence electrons. The van der Waals surface area contributed by atoms with Crippen molar-refractivity contribution in [1.29, 1.82) is 5.26 Å². The van der Waals surface area contributed by atoms with Gasteiger partial charge in [0.25, 0.3) is 0 Å². The summed E-state index contributed by atoms with van der Waals surface area (Å²) in [4.78, 5) is 0. The molecule has 2 aromatic rings. The highest BCUT2D eigenvalue weighted by molar-refractivity contribution is 7.84. The van der Waals surface area contributed by atoms with Gasteiger partial charge in [0.15, 0.2) is 0 Å². The summed E-state index contributed by atoms with van der Waals surface area (Å²) < 4.78 is 24.7. The quantitative estimate of drug-likeness (QED) is 0.815. The van der Waals surface area contributed by atoms with Gasteiger partial charge in [0, 0.05) is 5.92 Å². The number of hydrogen-bond acceptors (Lipinski definition) is 3. The summed E-state index contributed by atoms with van der Waals surface area (Å²) in [7, 11) is -1.53. The maximum atomic E-state index is 13.5. The molecule has 0 amide bonds. The van der Waals surface area contributed by atoms with Gasteiger partial charge in [0.2, 0.25) is 0 Å². The van der Waals surface area contributed by atoms with Gasteiger partial charge in [-0.15, -0.1) is 0 Å². The summed E-state index contributed by atoms with van der Waals surface area (Å²) in [6, 6.07) is 13.8. The number of hydrogen-bond donors (Lipinski definition) is 2. The van der Waals surface area contributed by atoms with Crippen LogP contribution in [-0.2, 0) is 11.0 Å². The van der Waals surface area contributed by atoms with Crippen molar-refractivity contribution < 1.29 is 8.60 Å². The van der Waals surface area contributed by atoms with Gasteiger partial charge in [-0.05, 0) is 55.7 Å². The Morgan fingerprint density at radius 1 is 1.25 bits per heavy atom. The molecule has 0 aliphatic rings. The number of anilines is 1. The Balaban J connectivity index is 2.54. The van der Waals surface area contributed by atoms with Gasteiger partial charge in [-0.3, -0.25) is 5.14 Å². The predicted octanol–water partition coefficient (Wildman–Crippen LogP) is 3.20. The Bertz CT molecular complexity index is 814. The zero-order valence-electron chi connectivity index (χ0n) is 13.6.